The maximum Gasteiger partial charge on any atom is 0.339 e. The highest BCUT2D eigenvalue weighted by Crippen LogP contribution is 2.21. The summed E-state index contributed by atoms with van der Waals surface area (Å²) in [6.45, 7) is 3.70. The first-order valence-electron chi connectivity index (χ1n) is 8.31. The molecule has 1 amide bonds. The third kappa shape index (κ3) is 3.88. The van der Waals surface area contributed by atoms with E-state index in [-0.39, 0.29) is 11.5 Å². The lowest BCUT2D eigenvalue weighted by molar-refractivity contribution is -0.117. The molecule has 0 aliphatic carbocycles. The quantitative estimate of drug-likeness (QED) is 0.869. The lowest BCUT2D eigenvalue weighted by atomic mass is 10.0. The second kappa shape index (κ2) is 7.06. The third-order valence-electron chi connectivity index (χ3n) is 4.58. The van der Waals surface area contributed by atoms with Crippen molar-refractivity contribution in [3.63, 3.8) is 0 Å². The van der Waals surface area contributed by atoms with Crippen molar-refractivity contribution in [3.8, 4) is 5.69 Å². The number of carboxylic acid groups (broad SMARTS) is 1. The smallest absolute Gasteiger partial charge is 0.339 e. The molecule has 1 aliphatic heterocycles. The Morgan fingerprint density at radius 3 is 2.84 bits per heavy atom. The van der Waals surface area contributed by atoms with Crippen molar-refractivity contribution in [2.75, 3.05) is 25.5 Å². The van der Waals surface area contributed by atoms with Gasteiger partial charge in [0.25, 0.3) is 0 Å². The van der Waals surface area contributed by atoms with E-state index in [9.17, 15) is 9.59 Å². The summed E-state index contributed by atoms with van der Waals surface area (Å²) in [4.78, 5) is 25.6. The van der Waals surface area contributed by atoms with Crippen molar-refractivity contribution >= 4 is 17.6 Å². The highest BCUT2D eigenvalue weighted by Gasteiger charge is 2.22. The number of hydrogen-bond donors (Lipinski definition) is 2. The van der Waals surface area contributed by atoms with Gasteiger partial charge in [-0.1, -0.05) is 6.07 Å². The van der Waals surface area contributed by atoms with Gasteiger partial charge in [0.05, 0.1) is 17.6 Å². The highest BCUT2D eigenvalue weighted by molar-refractivity contribution is 5.91. The Hall–Kier alpha value is -2.67. The van der Waals surface area contributed by atoms with Crippen LogP contribution in [0.15, 0.2) is 30.5 Å². The predicted molar refractivity (Wildman–Crippen MR) is 94.1 cm³/mol. The molecule has 7 heteroatoms. The van der Waals surface area contributed by atoms with Crippen LogP contribution in [0.4, 0.5) is 5.69 Å². The van der Waals surface area contributed by atoms with E-state index in [4.69, 9.17) is 5.11 Å². The molecule has 7 nitrogen and oxygen atoms in total. The molecule has 0 bridgehead atoms. The summed E-state index contributed by atoms with van der Waals surface area (Å²) in [6, 6.07) is 7.26. The van der Waals surface area contributed by atoms with Crippen LogP contribution in [0, 0.1) is 12.8 Å². The van der Waals surface area contributed by atoms with Gasteiger partial charge in [0, 0.05) is 18.7 Å². The summed E-state index contributed by atoms with van der Waals surface area (Å²) >= 11 is 0. The number of aromatic nitrogens is 2. The molecule has 1 atom stereocenters. The van der Waals surface area contributed by atoms with Crippen LogP contribution in [-0.4, -0.2) is 51.8 Å². The summed E-state index contributed by atoms with van der Waals surface area (Å²) in [7, 11) is 2.07. The van der Waals surface area contributed by atoms with Gasteiger partial charge in [-0.3, -0.25) is 4.79 Å². The Morgan fingerprint density at radius 1 is 1.40 bits per heavy atom. The molecule has 25 heavy (non-hydrogen) atoms. The monoisotopic (exact) mass is 342 g/mol. The normalized spacial score (nSPS) is 17.6. The van der Waals surface area contributed by atoms with Gasteiger partial charge >= 0.3 is 5.97 Å². The Labute approximate surface area is 146 Å². The molecular weight excluding hydrogens is 320 g/mol. The van der Waals surface area contributed by atoms with Crippen molar-refractivity contribution in [1.29, 1.82) is 0 Å². The maximum absolute atomic E-state index is 12.3. The number of amides is 1. The van der Waals surface area contributed by atoms with Gasteiger partial charge in [-0.05, 0) is 51.1 Å². The Kier molecular flexibility index (Phi) is 4.85. The second-order valence-electron chi connectivity index (χ2n) is 6.58. The minimum Gasteiger partial charge on any atom is -0.478 e. The molecule has 0 saturated carbocycles. The average Bonchev–Trinajstić information content (AvgIpc) is 3.13. The third-order valence-corrected chi connectivity index (χ3v) is 4.58. The first kappa shape index (κ1) is 17.2. The van der Waals surface area contributed by atoms with E-state index < -0.39 is 5.97 Å². The lowest BCUT2D eigenvalue weighted by Crippen LogP contribution is -2.19. The molecule has 1 saturated heterocycles. The number of anilines is 1. The molecule has 2 N–H and O–H groups in total. The van der Waals surface area contributed by atoms with E-state index in [0.717, 1.165) is 19.5 Å². The number of likely N-dealkylation sites (tertiary alicyclic amines) is 1. The van der Waals surface area contributed by atoms with Crippen LogP contribution in [0.3, 0.4) is 0 Å². The van der Waals surface area contributed by atoms with Crippen molar-refractivity contribution in [3.05, 3.63) is 41.7 Å². The van der Waals surface area contributed by atoms with E-state index in [1.165, 1.54) is 6.20 Å². The molecular formula is C18H22N4O3. The van der Waals surface area contributed by atoms with E-state index in [1.807, 2.05) is 18.2 Å². The number of rotatable bonds is 5. The molecule has 2 aromatic rings. The van der Waals surface area contributed by atoms with Gasteiger partial charge in [0.2, 0.25) is 5.91 Å². The number of carbonyl (C=O) groups is 2. The van der Waals surface area contributed by atoms with Crippen LogP contribution < -0.4 is 5.32 Å². The lowest BCUT2D eigenvalue weighted by Gasteiger charge is -2.12. The van der Waals surface area contributed by atoms with Gasteiger partial charge in [0.15, 0.2) is 0 Å². The topological polar surface area (TPSA) is 87.5 Å². The maximum atomic E-state index is 12.3. The summed E-state index contributed by atoms with van der Waals surface area (Å²) in [5.41, 5.74) is 2.11. The molecule has 1 aromatic heterocycles. The van der Waals surface area contributed by atoms with Crippen LogP contribution >= 0.6 is 0 Å². The second-order valence-corrected chi connectivity index (χ2v) is 6.58. The SMILES string of the molecule is Cc1c(C(=O)O)cnn1-c1cccc(NC(=O)CC2CCN(C)C2)c1. The minimum atomic E-state index is -1.00. The van der Waals surface area contributed by atoms with Gasteiger partial charge < -0.3 is 15.3 Å². The van der Waals surface area contributed by atoms with E-state index in [0.29, 0.717) is 29.4 Å². The number of aromatic carboxylic acids is 1. The van der Waals surface area contributed by atoms with Gasteiger partial charge in [-0.15, -0.1) is 0 Å². The van der Waals surface area contributed by atoms with E-state index in [1.54, 1.807) is 17.7 Å². The first-order chi connectivity index (χ1) is 11.9. The van der Waals surface area contributed by atoms with Crippen LogP contribution in [0.25, 0.3) is 5.69 Å². The number of benzene rings is 1. The highest BCUT2D eigenvalue weighted by atomic mass is 16.4. The van der Waals surface area contributed by atoms with Gasteiger partial charge in [-0.2, -0.15) is 5.10 Å². The Morgan fingerprint density at radius 2 is 2.20 bits per heavy atom. The van der Waals surface area contributed by atoms with Crippen LogP contribution in [-0.2, 0) is 4.79 Å². The summed E-state index contributed by atoms with van der Waals surface area (Å²) < 4.78 is 1.56. The average molecular weight is 342 g/mol. The first-order valence-corrected chi connectivity index (χ1v) is 8.31. The van der Waals surface area contributed by atoms with Crippen molar-refractivity contribution in [2.24, 2.45) is 5.92 Å². The van der Waals surface area contributed by atoms with Crippen LogP contribution in [0.1, 0.15) is 28.9 Å². The fraction of sp³-hybridized carbons (Fsp3) is 0.389. The predicted octanol–water partition coefficient (Wildman–Crippen LogP) is 2.16. The van der Waals surface area contributed by atoms with E-state index in [2.05, 4.69) is 22.4 Å². The molecule has 132 valence electrons. The standard InChI is InChI=1S/C18H22N4O3/c1-12-16(18(24)25)10-19-22(12)15-5-3-4-14(9-15)20-17(23)8-13-6-7-21(2)11-13/h3-5,9-10,13H,6-8,11H2,1-2H3,(H,20,23)(H,24,25). The molecule has 0 radical (unpaired) electrons. The number of carboxylic acids is 1. The van der Waals surface area contributed by atoms with Crippen molar-refractivity contribution in [2.45, 2.75) is 19.8 Å². The van der Waals surface area contributed by atoms with Gasteiger partial charge in [0.1, 0.15) is 5.56 Å². The number of hydrogen-bond acceptors (Lipinski definition) is 4. The summed E-state index contributed by atoms with van der Waals surface area (Å²) in [5.74, 6) is -0.602. The Balaban J connectivity index is 1.71. The largest absolute Gasteiger partial charge is 0.478 e. The summed E-state index contributed by atoms with van der Waals surface area (Å²) in [5, 5.41) is 16.2. The van der Waals surface area contributed by atoms with Crippen LogP contribution in [0.2, 0.25) is 0 Å². The van der Waals surface area contributed by atoms with E-state index >= 15 is 0 Å². The van der Waals surface area contributed by atoms with Gasteiger partial charge in [-0.25, -0.2) is 9.48 Å². The number of carbonyl (C=O) groups excluding carboxylic acids is 1. The fourth-order valence-electron chi connectivity index (χ4n) is 3.26. The molecule has 2 heterocycles. The zero-order chi connectivity index (χ0) is 18.0. The molecule has 1 fully saturated rings. The molecule has 1 aromatic carbocycles. The molecule has 1 aliphatic rings. The van der Waals surface area contributed by atoms with Crippen LogP contribution in [0.5, 0.6) is 0 Å². The zero-order valence-electron chi connectivity index (χ0n) is 14.4. The Bertz CT molecular complexity index is 799. The summed E-state index contributed by atoms with van der Waals surface area (Å²) in [6.07, 6.45) is 2.90. The molecule has 0 spiro atoms. The zero-order valence-corrected chi connectivity index (χ0v) is 14.4. The van der Waals surface area contributed by atoms with Crippen molar-refractivity contribution < 1.29 is 14.7 Å². The minimum absolute atomic E-state index is 0.000798. The molecule has 1 unspecified atom stereocenters. The van der Waals surface area contributed by atoms with Crippen molar-refractivity contribution in [1.82, 2.24) is 14.7 Å². The number of nitrogens with one attached hydrogen (secondary N) is 1. The molecule has 3 rings (SSSR count). The fourth-order valence-corrected chi connectivity index (χ4v) is 3.26. The number of nitrogens with zero attached hydrogens (tertiary/aromatic N) is 3.